The van der Waals surface area contributed by atoms with Crippen LogP contribution in [0.3, 0.4) is 0 Å². The van der Waals surface area contributed by atoms with Gasteiger partial charge in [0.05, 0.1) is 12.2 Å². The van der Waals surface area contributed by atoms with Crippen LogP contribution in [0.2, 0.25) is 0 Å². The highest BCUT2D eigenvalue weighted by molar-refractivity contribution is 7.80. The molecule has 3 heteroatoms. The molecule has 2 nitrogen and oxygen atoms in total. The number of aliphatic hydroxyl groups is 1. The Labute approximate surface area is 79.7 Å². The molecule has 72 valence electrons. The van der Waals surface area contributed by atoms with Crippen molar-refractivity contribution in [2.24, 2.45) is 5.41 Å². The van der Waals surface area contributed by atoms with E-state index in [-0.39, 0.29) is 23.1 Å². The number of ether oxygens (including phenoxy) is 1. The highest BCUT2D eigenvalue weighted by Gasteiger charge is 2.34. The number of hydrogen-bond donors (Lipinski definition) is 2. The zero-order valence-electron chi connectivity index (χ0n) is 7.95. The summed E-state index contributed by atoms with van der Waals surface area (Å²) in [5.74, 6) is 0. The van der Waals surface area contributed by atoms with Crippen molar-refractivity contribution in [3.05, 3.63) is 0 Å². The van der Waals surface area contributed by atoms with E-state index in [9.17, 15) is 5.11 Å². The van der Waals surface area contributed by atoms with Crippen LogP contribution in [0, 0.1) is 5.41 Å². The molecular formula is C9H18O2S. The van der Waals surface area contributed by atoms with Crippen molar-refractivity contribution < 1.29 is 9.84 Å². The predicted octanol–water partition coefficient (Wildman–Crippen LogP) is 1.83. The van der Waals surface area contributed by atoms with Crippen LogP contribution >= 0.6 is 12.6 Å². The summed E-state index contributed by atoms with van der Waals surface area (Å²) in [6.45, 7) is 6.44. The predicted molar refractivity (Wildman–Crippen MR) is 52.3 cm³/mol. The summed E-state index contributed by atoms with van der Waals surface area (Å²) >= 11 is 4.18. The van der Waals surface area contributed by atoms with Crippen LogP contribution in [0.15, 0.2) is 0 Å². The molecule has 0 aromatic carbocycles. The Morgan fingerprint density at radius 3 is 2.42 bits per heavy atom. The van der Waals surface area contributed by atoms with Gasteiger partial charge in [0.25, 0.3) is 0 Å². The maximum Gasteiger partial charge on any atom is 0.103 e. The minimum Gasteiger partial charge on any atom is -0.390 e. The Kier molecular flexibility index (Phi) is 3.07. The van der Waals surface area contributed by atoms with Crippen LogP contribution in [0.5, 0.6) is 0 Å². The summed E-state index contributed by atoms with van der Waals surface area (Å²) in [6.07, 6.45) is 1.20. The molecule has 1 N–H and O–H groups in total. The van der Waals surface area contributed by atoms with Gasteiger partial charge in [0.2, 0.25) is 0 Å². The standard InChI is InChI=1S/C9H18O2S/c1-9(2,3)5-7-6(10)4-8(12)11-7/h6-8,10,12H,4-5H2,1-3H3/t6-,7+,8-/m1/s1. The van der Waals surface area contributed by atoms with E-state index in [4.69, 9.17) is 4.74 Å². The number of hydrogen-bond acceptors (Lipinski definition) is 3. The number of rotatable bonds is 1. The van der Waals surface area contributed by atoms with E-state index in [2.05, 4.69) is 33.4 Å². The molecule has 0 spiro atoms. The molecule has 0 amide bonds. The molecule has 0 radical (unpaired) electrons. The van der Waals surface area contributed by atoms with Crippen LogP contribution in [-0.2, 0) is 4.74 Å². The zero-order chi connectivity index (χ0) is 9.35. The Balaban J connectivity index is 2.43. The molecule has 1 rings (SSSR count). The minimum absolute atomic E-state index is 0.0208. The first-order chi connectivity index (χ1) is 5.38. The molecule has 1 aliphatic rings. The molecule has 3 atom stereocenters. The van der Waals surface area contributed by atoms with Crippen LogP contribution in [0.25, 0.3) is 0 Å². The first-order valence-electron chi connectivity index (χ1n) is 4.40. The fraction of sp³-hybridized carbons (Fsp3) is 1.00. The molecule has 0 aromatic heterocycles. The molecule has 1 heterocycles. The topological polar surface area (TPSA) is 29.5 Å². The first kappa shape index (κ1) is 10.4. The summed E-state index contributed by atoms with van der Waals surface area (Å²) < 4.78 is 5.46. The third-order valence-corrected chi connectivity index (χ3v) is 2.35. The van der Waals surface area contributed by atoms with Crippen molar-refractivity contribution in [2.75, 3.05) is 0 Å². The first-order valence-corrected chi connectivity index (χ1v) is 4.92. The van der Waals surface area contributed by atoms with E-state index in [0.29, 0.717) is 6.42 Å². The molecule has 1 fully saturated rings. The number of thiol groups is 1. The lowest BCUT2D eigenvalue weighted by atomic mass is 9.88. The average molecular weight is 190 g/mol. The Hall–Kier alpha value is 0.270. The quantitative estimate of drug-likeness (QED) is 0.618. The van der Waals surface area contributed by atoms with Crippen molar-refractivity contribution in [1.29, 1.82) is 0 Å². The highest BCUT2D eigenvalue weighted by atomic mass is 32.1. The Morgan fingerprint density at radius 2 is 2.08 bits per heavy atom. The maximum absolute atomic E-state index is 9.55. The van der Waals surface area contributed by atoms with Crippen molar-refractivity contribution in [2.45, 2.75) is 51.3 Å². The smallest absolute Gasteiger partial charge is 0.103 e. The van der Waals surface area contributed by atoms with Crippen molar-refractivity contribution in [3.8, 4) is 0 Å². The van der Waals surface area contributed by atoms with Gasteiger partial charge in [-0.1, -0.05) is 20.8 Å². The van der Waals surface area contributed by atoms with Crippen molar-refractivity contribution in [3.63, 3.8) is 0 Å². The maximum atomic E-state index is 9.55. The molecule has 12 heavy (non-hydrogen) atoms. The van der Waals surface area contributed by atoms with E-state index >= 15 is 0 Å². The van der Waals surface area contributed by atoms with Gasteiger partial charge in [0, 0.05) is 6.42 Å². The average Bonchev–Trinajstić information content (AvgIpc) is 2.06. The van der Waals surface area contributed by atoms with Gasteiger partial charge in [-0.2, -0.15) is 0 Å². The second-order valence-electron chi connectivity index (χ2n) is 4.70. The van der Waals surface area contributed by atoms with E-state index in [1.54, 1.807) is 0 Å². The minimum atomic E-state index is -0.327. The van der Waals surface area contributed by atoms with Gasteiger partial charge in [0.1, 0.15) is 5.44 Å². The second kappa shape index (κ2) is 3.56. The fourth-order valence-electron chi connectivity index (χ4n) is 1.49. The van der Waals surface area contributed by atoms with Gasteiger partial charge in [0.15, 0.2) is 0 Å². The lowest BCUT2D eigenvalue weighted by Crippen LogP contribution is -2.26. The lowest BCUT2D eigenvalue weighted by molar-refractivity contribution is 0.00920. The molecule has 0 unspecified atom stereocenters. The Morgan fingerprint density at radius 1 is 1.50 bits per heavy atom. The molecular weight excluding hydrogens is 172 g/mol. The third kappa shape index (κ3) is 2.96. The van der Waals surface area contributed by atoms with Crippen molar-refractivity contribution >= 4 is 12.6 Å². The summed E-state index contributed by atoms with van der Waals surface area (Å²) in [4.78, 5) is 0. The van der Waals surface area contributed by atoms with Crippen LogP contribution < -0.4 is 0 Å². The van der Waals surface area contributed by atoms with Crippen LogP contribution in [0.1, 0.15) is 33.6 Å². The monoisotopic (exact) mass is 190 g/mol. The molecule has 0 aromatic rings. The van der Waals surface area contributed by atoms with Gasteiger partial charge >= 0.3 is 0 Å². The van der Waals surface area contributed by atoms with Gasteiger partial charge in [-0.05, 0) is 11.8 Å². The SMILES string of the molecule is CC(C)(C)C[C@@H]1O[C@H](S)C[C@H]1O. The molecule has 0 bridgehead atoms. The van der Waals surface area contributed by atoms with E-state index in [1.165, 1.54) is 0 Å². The van der Waals surface area contributed by atoms with E-state index in [1.807, 2.05) is 0 Å². The zero-order valence-corrected chi connectivity index (χ0v) is 8.84. The summed E-state index contributed by atoms with van der Waals surface area (Å²) in [6, 6.07) is 0. The van der Waals surface area contributed by atoms with Crippen LogP contribution in [0.4, 0.5) is 0 Å². The molecule has 1 saturated heterocycles. The second-order valence-corrected chi connectivity index (χ2v) is 5.27. The fourth-order valence-corrected chi connectivity index (χ4v) is 1.87. The normalized spacial score (nSPS) is 37.2. The molecule has 1 aliphatic heterocycles. The molecule has 0 aliphatic carbocycles. The highest BCUT2D eigenvalue weighted by Crippen LogP contribution is 2.31. The third-order valence-electron chi connectivity index (χ3n) is 2.02. The summed E-state index contributed by atoms with van der Waals surface area (Å²) in [5, 5.41) is 9.55. The van der Waals surface area contributed by atoms with E-state index in [0.717, 1.165) is 6.42 Å². The van der Waals surface area contributed by atoms with Gasteiger partial charge in [-0.25, -0.2) is 0 Å². The van der Waals surface area contributed by atoms with Gasteiger partial charge in [-0.3, -0.25) is 0 Å². The summed E-state index contributed by atoms with van der Waals surface area (Å²) in [5.41, 5.74) is 0.135. The van der Waals surface area contributed by atoms with Crippen LogP contribution in [-0.4, -0.2) is 22.8 Å². The van der Waals surface area contributed by atoms with E-state index < -0.39 is 0 Å². The van der Waals surface area contributed by atoms with Gasteiger partial charge < -0.3 is 9.84 Å². The van der Waals surface area contributed by atoms with Gasteiger partial charge in [-0.15, -0.1) is 12.6 Å². The summed E-state index contributed by atoms with van der Waals surface area (Å²) in [7, 11) is 0. The molecule has 0 saturated carbocycles. The lowest BCUT2D eigenvalue weighted by Gasteiger charge is -2.24. The number of aliphatic hydroxyl groups excluding tert-OH is 1. The van der Waals surface area contributed by atoms with Crippen molar-refractivity contribution in [1.82, 2.24) is 0 Å². The Bertz CT molecular complexity index is 153. The largest absolute Gasteiger partial charge is 0.390 e.